The summed E-state index contributed by atoms with van der Waals surface area (Å²) in [5, 5.41) is -3.62. The number of hydrogen-bond donors (Lipinski definition) is 0. The number of alkyl halides is 7. The lowest BCUT2D eigenvalue weighted by atomic mass is 9.56. The van der Waals surface area contributed by atoms with Crippen molar-refractivity contribution in [1.82, 2.24) is 0 Å². The van der Waals surface area contributed by atoms with E-state index in [1.165, 1.54) is 34.6 Å². The van der Waals surface area contributed by atoms with Crippen molar-refractivity contribution in [2.45, 2.75) is 110 Å². The highest BCUT2D eigenvalue weighted by Gasteiger charge is 2.56. The van der Waals surface area contributed by atoms with Gasteiger partial charge in [0.15, 0.2) is 14.8 Å². The van der Waals surface area contributed by atoms with E-state index in [1.54, 1.807) is 53.8 Å². The molecule has 0 aliphatic rings. The molecule has 8 unspecified atom stereocenters. The van der Waals surface area contributed by atoms with Crippen LogP contribution >= 0.6 is 82.1 Å². The number of halogens is 7. The fourth-order valence-electron chi connectivity index (χ4n) is 6.20. The minimum absolute atomic E-state index is 0.126. The predicted octanol–water partition coefficient (Wildman–Crippen LogP) is 14.9. The van der Waals surface area contributed by atoms with Gasteiger partial charge in [-0.15, -0.1) is 27.7 Å². The predicted molar refractivity (Wildman–Crippen MR) is 297 cm³/mol. The van der Waals surface area contributed by atoms with Gasteiger partial charge in [-0.05, 0) is 117 Å². The van der Waals surface area contributed by atoms with E-state index >= 15 is 17.6 Å². The van der Waals surface area contributed by atoms with Crippen LogP contribution in [-0.4, -0.2) is 76.1 Å². The smallest absolute Gasteiger partial charge is 0.268 e. The Hall–Kier alpha value is -0.960. The molecule has 0 saturated carbocycles. The first-order chi connectivity index (χ1) is 29.7. The molecule has 0 aliphatic heterocycles. The topological polar surface area (TPSA) is 36.9 Å². The largest absolute Gasteiger partial charge is 0.493 e. The highest BCUT2D eigenvalue weighted by atomic mass is 127. The summed E-state index contributed by atoms with van der Waals surface area (Å²) >= 11 is 3.81. The van der Waals surface area contributed by atoms with Crippen LogP contribution < -0.4 is 18.9 Å². The van der Waals surface area contributed by atoms with E-state index < -0.39 is 50.2 Å². The van der Waals surface area contributed by atoms with Gasteiger partial charge in [-0.25, -0.2) is 22.0 Å². The summed E-state index contributed by atoms with van der Waals surface area (Å²) in [5.74, 6) is -1.54. The van der Waals surface area contributed by atoms with Gasteiger partial charge in [0.05, 0.1) is 39.0 Å². The Labute approximate surface area is 429 Å². The minimum Gasteiger partial charge on any atom is -0.493 e. The van der Waals surface area contributed by atoms with Gasteiger partial charge >= 0.3 is 0 Å². The average molecular weight is 1210 g/mol. The molecular formula is C49H63B2F5I2O4P4. The van der Waals surface area contributed by atoms with E-state index in [2.05, 4.69) is 27.7 Å². The Balaban J connectivity index is 1.67. The average Bonchev–Trinajstić information content (AvgIpc) is 3.19. The first kappa shape index (κ1) is 57.6. The lowest BCUT2D eigenvalue weighted by molar-refractivity contribution is -0.112. The van der Waals surface area contributed by atoms with Crippen molar-refractivity contribution in [3.8, 4) is 56.4 Å². The molecule has 0 heterocycles. The molecule has 4 radical (unpaired) electrons. The minimum atomic E-state index is -3.15. The zero-order chi connectivity index (χ0) is 50.3. The van der Waals surface area contributed by atoms with Crippen LogP contribution in [0.5, 0.6) is 23.0 Å². The van der Waals surface area contributed by atoms with Crippen molar-refractivity contribution in [3.05, 3.63) is 84.9 Å². The SMILES string of the molecule is [B]C([B])(I)C(C)(C)COc1cc(OCC(C)(C)C(C)(F)I)cc(-c2ccc(-c3ccc(-c4cc(OCC(C)(P)C(C)(F)C(C)(F)P)cc(OCC(P)(P)C(F)(F)C(C)(C)C)c4)cc3)cc2)c1. The van der Waals surface area contributed by atoms with Gasteiger partial charge in [0, 0.05) is 23.0 Å². The summed E-state index contributed by atoms with van der Waals surface area (Å²) in [5.41, 5.74) is -0.0507. The van der Waals surface area contributed by atoms with Crippen molar-refractivity contribution in [2.24, 2.45) is 16.2 Å². The second-order valence-corrected chi connectivity index (χ2v) is 29.4. The van der Waals surface area contributed by atoms with Crippen LogP contribution in [-0.2, 0) is 0 Å². The van der Waals surface area contributed by atoms with E-state index in [0.717, 1.165) is 34.7 Å². The normalized spacial score (nSPS) is 16.9. The van der Waals surface area contributed by atoms with Crippen molar-refractivity contribution in [3.63, 3.8) is 0 Å². The maximum atomic E-state index is 15.8. The summed E-state index contributed by atoms with van der Waals surface area (Å²) in [7, 11) is 21.2. The maximum absolute atomic E-state index is 15.8. The highest BCUT2D eigenvalue weighted by Crippen LogP contribution is 2.53. The Morgan fingerprint density at radius 2 is 0.758 bits per heavy atom. The summed E-state index contributed by atoms with van der Waals surface area (Å²) in [6.07, 6.45) is 0. The standard InChI is InChI=1S/C49H63B2F5I2O4P4/c1-40(2,3)48(55,56)47(65,66)29-62-39-23-35(22-38(25-39)61-28-43(8,63)44(9,52)46(11,54)64)33-18-14-31(15-19-33)30-12-16-32(17-13-30)34-20-36(59-26-41(4,5)45(10,53)57)24-37(21-34)60-27-42(6,7)49(50,51)58/h12-25H,26-29,63-66H2,1-11H3. The van der Waals surface area contributed by atoms with Gasteiger partial charge in [-0.2, -0.15) is 0 Å². The molecule has 0 fully saturated rings. The van der Waals surface area contributed by atoms with Crippen molar-refractivity contribution < 1.29 is 40.9 Å². The molecule has 4 aromatic rings. The van der Waals surface area contributed by atoms with Crippen LogP contribution in [0.2, 0.25) is 0 Å². The van der Waals surface area contributed by atoms with Crippen LogP contribution in [0, 0.1) is 16.2 Å². The first-order valence-electron chi connectivity index (χ1n) is 21.3. The molecule has 0 spiro atoms. The third-order valence-corrected chi connectivity index (χ3v) is 17.7. The Bertz CT molecular complexity index is 2180. The van der Waals surface area contributed by atoms with Gasteiger partial charge in [-0.1, -0.05) is 129 Å². The second-order valence-electron chi connectivity index (χ2n) is 20.5. The van der Waals surface area contributed by atoms with Crippen molar-refractivity contribution in [1.29, 1.82) is 0 Å². The molecule has 0 aromatic heterocycles. The molecule has 8 atom stereocenters. The molecule has 0 bridgehead atoms. The van der Waals surface area contributed by atoms with Gasteiger partial charge in [0.25, 0.3) is 5.92 Å². The lowest BCUT2D eigenvalue weighted by Gasteiger charge is -2.43. The lowest BCUT2D eigenvalue weighted by Crippen LogP contribution is -2.55. The molecule has 0 N–H and O–H groups in total. The molecule has 0 amide bonds. The molecule has 17 heteroatoms. The van der Waals surface area contributed by atoms with E-state index in [0.29, 0.717) is 17.1 Å². The molecule has 4 aromatic carbocycles. The molecule has 4 rings (SSSR count). The Morgan fingerprint density at radius 1 is 0.455 bits per heavy atom. The Morgan fingerprint density at radius 3 is 1.06 bits per heavy atom. The molecule has 4 nitrogen and oxygen atoms in total. The zero-order valence-electron chi connectivity index (χ0n) is 39.7. The third kappa shape index (κ3) is 13.7. The molecule has 66 heavy (non-hydrogen) atoms. The van der Waals surface area contributed by atoms with E-state index in [9.17, 15) is 4.39 Å². The fraction of sp³-hybridized carbons (Fsp3) is 0.510. The van der Waals surface area contributed by atoms with Crippen LogP contribution in [0.15, 0.2) is 84.9 Å². The first-order valence-corrected chi connectivity index (χ1v) is 25.8. The van der Waals surface area contributed by atoms with E-state index in [-0.39, 0.29) is 37.9 Å². The van der Waals surface area contributed by atoms with Gasteiger partial charge in [0.2, 0.25) is 0 Å². The monoisotopic (exact) mass is 1210 g/mol. The molecule has 0 saturated heterocycles. The summed E-state index contributed by atoms with van der Waals surface area (Å²) in [4.78, 5) is -1.70. The molecular weight excluding hydrogens is 1150 g/mol. The quantitative estimate of drug-likeness (QED) is 0.0291. The number of ether oxygens (including phenoxy) is 4. The second kappa shape index (κ2) is 20.6. The number of hydrogen-bond acceptors (Lipinski definition) is 4. The van der Waals surface area contributed by atoms with Crippen LogP contribution in [0.1, 0.15) is 76.2 Å². The van der Waals surface area contributed by atoms with Crippen LogP contribution in [0.4, 0.5) is 22.0 Å². The van der Waals surface area contributed by atoms with Gasteiger partial charge in [-0.3, -0.25) is 0 Å². The zero-order valence-corrected chi connectivity index (χ0v) is 48.6. The molecule has 358 valence electrons. The summed E-state index contributed by atoms with van der Waals surface area (Å²) in [6, 6.07) is 26.4. The van der Waals surface area contributed by atoms with Crippen molar-refractivity contribution in [2.75, 3.05) is 26.4 Å². The summed E-state index contributed by atoms with van der Waals surface area (Å²) < 4.78 is 99.1. The van der Waals surface area contributed by atoms with E-state index in [1.807, 2.05) is 120 Å². The van der Waals surface area contributed by atoms with Crippen molar-refractivity contribution >= 4 is 97.8 Å². The fourth-order valence-corrected chi connectivity index (χ4v) is 8.41. The van der Waals surface area contributed by atoms with Gasteiger partial charge < -0.3 is 18.9 Å². The molecule has 0 aliphatic carbocycles. The van der Waals surface area contributed by atoms with E-state index in [4.69, 9.17) is 34.6 Å². The maximum Gasteiger partial charge on any atom is 0.268 e. The summed E-state index contributed by atoms with van der Waals surface area (Å²) in [6.45, 7) is 17.1. The van der Waals surface area contributed by atoms with Crippen LogP contribution in [0.25, 0.3) is 33.4 Å². The highest BCUT2D eigenvalue weighted by molar-refractivity contribution is 14.1. The third-order valence-electron chi connectivity index (χ3n) is 12.5. The number of rotatable bonds is 20. The van der Waals surface area contributed by atoms with Gasteiger partial charge in [0.1, 0.15) is 36.2 Å². The number of benzene rings is 4. The Kier molecular flexibility index (Phi) is 18.0. The van der Waals surface area contributed by atoms with Crippen LogP contribution in [0.3, 0.4) is 0 Å².